The van der Waals surface area contributed by atoms with Crippen molar-refractivity contribution in [1.82, 2.24) is 4.98 Å². The predicted octanol–water partition coefficient (Wildman–Crippen LogP) is 3.70. The number of hydrogen-bond acceptors (Lipinski definition) is 4. The fourth-order valence-electron chi connectivity index (χ4n) is 1.54. The molecule has 5 heteroatoms. The Bertz CT molecular complexity index is 581. The highest BCUT2D eigenvalue weighted by molar-refractivity contribution is 9.11. The summed E-state index contributed by atoms with van der Waals surface area (Å²) in [6.45, 7) is 0. The van der Waals surface area contributed by atoms with Gasteiger partial charge in [0.2, 0.25) is 0 Å². The van der Waals surface area contributed by atoms with Gasteiger partial charge in [-0.2, -0.15) is 5.26 Å². The molecule has 0 aliphatic heterocycles. The van der Waals surface area contributed by atoms with Crippen LogP contribution in [0.15, 0.2) is 28.1 Å². The number of anilines is 1. The second-order valence-electron chi connectivity index (χ2n) is 4.02. The third-order valence-electron chi connectivity index (χ3n) is 2.53. The first-order valence-electron chi connectivity index (χ1n) is 5.41. The highest BCUT2D eigenvalue weighted by Gasteiger charge is 2.10. The van der Waals surface area contributed by atoms with Gasteiger partial charge in [0.15, 0.2) is 0 Å². The highest BCUT2D eigenvalue weighted by Crippen LogP contribution is 2.32. The topological polar surface area (TPSA) is 39.9 Å². The first kappa shape index (κ1) is 13.1. The lowest BCUT2D eigenvalue weighted by atomic mass is 10.2. The zero-order valence-electron chi connectivity index (χ0n) is 10.1. The van der Waals surface area contributed by atoms with Crippen LogP contribution in [0.2, 0.25) is 0 Å². The van der Waals surface area contributed by atoms with Crippen LogP contribution in [0.3, 0.4) is 0 Å². The van der Waals surface area contributed by atoms with Crippen molar-refractivity contribution in [2.75, 3.05) is 19.0 Å². The van der Waals surface area contributed by atoms with Gasteiger partial charge in [0.25, 0.3) is 0 Å². The molecule has 2 rings (SSSR count). The van der Waals surface area contributed by atoms with E-state index < -0.39 is 0 Å². The van der Waals surface area contributed by atoms with E-state index in [1.165, 1.54) is 0 Å². The molecular weight excluding hydrogens is 310 g/mol. The van der Waals surface area contributed by atoms with Crippen molar-refractivity contribution in [3.05, 3.63) is 33.7 Å². The maximum Gasteiger partial charge on any atom is 0.124 e. The van der Waals surface area contributed by atoms with Crippen LogP contribution < -0.4 is 4.90 Å². The van der Waals surface area contributed by atoms with E-state index >= 15 is 0 Å². The molecule has 3 nitrogen and oxygen atoms in total. The summed E-state index contributed by atoms with van der Waals surface area (Å²) in [5.41, 5.74) is 3.05. The molecular formula is C13H12BrN3S. The summed E-state index contributed by atoms with van der Waals surface area (Å²) >= 11 is 5.01. The summed E-state index contributed by atoms with van der Waals surface area (Å²) in [6.07, 6.45) is 0.340. The molecule has 1 aromatic heterocycles. The van der Waals surface area contributed by atoms with Crippen molar-refractivity contribution < 1.29 is 0 Å². The van der Waals surface area contributed by atoms with Crippen molar-refractivity contribution in [2.24, 2.45) is 0 Å². The van der Waals surface area contributed by atoms with Gasteiger partial charge < -0.3 is 4.90 Å². The van der Waals surface area contributed by atoms with E-state index in [4.69, 9.17) is 5.26 Å². The molecule has 0 spiro atoms. The van der Waals surface area contributed by atoms with E-state index in [1.807, 2.05) is 14.1 Å². The molecule has 0 amide bonds. The summed E-state index contributed by atoms with van der Waals surface area (Å²) in [4.78, 5) is 6.54. The molecule has 0 saturated carbocycles. The Balaban J connectivity index is 2.31. The van der Waals surface area contributed by atoms with Crippen molar-refractivity contribution >= 4 is 33.0 Å². The third kappa shape index (κ3) is 2.71. The summed E-state index contributed by atoms with van der Waals surface area (Å²) in [5.74, 6) is 0. The van der Waals surface area contributed by atoms with Crippen molar-refractivity contribution in [2.45, 2.75) is 6.42 Å². The van der Waals surface area contributed by atoms with Crippen LogP contribution in [-0.2, 0) is 6.42 Å². The van der Waals surface area contributed by atoms with Crippen LogP contribution in [-0.4, -0.2) is 19.1 Å². The van der Waals surface area contributed by atoms with Crippen molar-refractivity contribution in [3.63, 3.8) is 0 Å². The summed E-state index contributed by atoms with van der Waals surface area (Å²) in [7, 11) is 4.03. The van der Waals surface area contributed by atoms with Gasteiger partial charge in [-0.25, -0.2) is 4.98 Å². The molecule has 0 saturated heterocycles. The number of rotatable bonds is 3. The number of hydrogen-bond donors (Lipinski definition) is 0. The van der Waals surface area contributed by atoms with Gasteiger partial charge in [-0.1, -0.05) is 0 Å². The molecule has 18 heavy (non-hydrogen) atoms. The van der Waals surface area contributed by atoms with Crippen LogP contribution in [0.4, 0.5) is 5.69 Å². The van der Waals surface area contributed by atoms with Gasteiger partial charge >= 0.3 is 0 Å². The van der Waals surface area contributed by atoms with Gasteiger partial charge in [-0.05, 0) is 40.2 Å². The van der Waals surface area contributed by atoms with Crippen LogP contribution in [0.1, 0.15) is 5.69 Å². The van der Waals surface area contributed by atoms with Gasteiger partial charge in [0.1, 0.15) is 5.01 Å². The largest absolute Gasteiger partial charge is 0.378 e. The maximum absolute atomic E-state index is 8.71. The number of nitriles is 1. The lowest BCUT2D eigenvalue weighted by molar-refractivity contribution is 1.13. The van der Waals surface area contributed by atoms with E-state index in [2.05, 4.69) is 56.1 Å². The van der Waals surface area contributed by atoms with E-state index in [1.54, 1.807) is 11.3 Å². The van der Waals surface area contributed by atoms with Crippen molar-refractivity contribution in [1.29, 1.82) is 5.26 Å². The molecule has 0 atom stereocenters. The fraction of sp³-hybridized carbons (Fsp3) is 0.231. The second kappa shape index (κ2) is 5.51. The average Bonchev–Trinajstić information content (AvgIpc) is 2.72. The Morgan fingerprint density at radius 3 is 2.56 bits per heavy atom. The highest BCUT2D eigenvalue weighted by atomic mass is 79.9. The summed E-state index contributed by atoms with van der Waals surface area (Å²) in [5, 5.41) is 9.65. The Labute approximate surface area is 119 Å². The molecule has 0 bridgehead atoms. The fourth-order valence-corrected chi connectivity index (χ4v) is 3.05. The number of aromatic nitrogens is 1. The average molecular weight is 322 g/mol. The second-order valence-corrected chi connectivity index (χ2v) is 6.33. The molecule has 0 radical (unpaired) electrons. The minimum Gasteiger partial charge on any atom is -0.378 e. The standard InChI is InChI=1S/C13H12BrN3S/c1-17(2)10-5-3-9(4-6-10)13-16-11(7-8-15)12(14)18-13/h3-6H,7H2,1-2H3. The van der Waals surface area contributed by atoms with E-state index in [0.29, 0.717) is 6.42 Å². The van der Waals surface area contributed by atoms with E-state index in [-0.39, 0.29) is 0 Å². The van der Waals surface area contributed by atoms with E-state index in [9.17, 15) is 0 Å². The number of thiazole rings is 1. The maximum atomic E-state index is 8.71. The van der Waals surface area contributed by atoms with Crippen LogP contribution in [0, 0.1) is 11.3 Å². The minimum atomic E-state index is 0.340. The number of halogens is 1. The zero-order valence-corrected chi connectivity index (χ0v) is 12.5. The van der Waals surface area contributed by atoms with Crippen LogP contribution in [0.25, 0.3) is 10.6 Å². The first-order chi connectivity index (χ1) is 8.61. The Hall–Kier alpha value is -1.38. The molecule has 0 aliphatic carbocycles. The molecule has 92 valence electrons. The monoisotopic (exact) mass is 321 g/mol. The Morgan fingerprint density at radius 2 is 2.00 bits per heavy atom. The minimum absolute atomic E-state index is 0.340. The van der Waals surface area contributed by atoms with Gasteiger partial charge in [-0.15, -0.1) is 11.3 Å². The lowest BCUT2D eigenvalue weighted by Crippen LogP contribution is -2.07. The lowest BCUT2D eigenvalue weighted by Gasteiger charge is -2.11. The molecule has 1 aromatic carbocycles. The molecule has 0 N–H and O–H groups in total. The van der Waals surface area contributed by atoms with Crippen LogP contribution in [0.5, 0.6) is 0 Å². The molecule has 2 aromatic rings. The SMILES string of the molecule is CN(C)c1ccc(-c2nc(CC#N)c(Br)s2)cc1. The van der Waals surface area contributed by atoms with E-state index in [0.717, 1.165) is 25.7 Å². The quantitative estimate of drug-likeness (QED) is 0.865. The summed E-state index contributed by atoms with van der Waals surface area (Å²) < 4.78 is 0.940. The van der Waals surface area contributed by atoms with Crippen molar-refractivity contribution in [3.8, 4) is 16.6 Å². The third-order valence-corrected chi connectivity index (χ3v) is 4.41. The summed E-state index contributed by atoms with van der Waals surface area (Å²) in [6, 6.07) is 10.4. The molecule has 1 heterocycles. The first-order valence-corrected chi connectivity index (χ1v) is 7.02. The van der Waals surface area contributed by atoms with Gasteiger partial charge in [0, 0.05) is 25.3 Å². The van der Waals surface area contributed by atoms with Crippen LogP contribution >= 0.6 is 27.3 Å². The number of benzene rings is 1. The number of nitrogens with zero attached hydrogens (tertiary/aromatic N) is 3. The molecule has 0 fully saturated rings. The predicted molar refractivity (Wildman–Crippen MR) is 78.9 cm³/mol. The van der Waals surface area contributed by atoms with Gasteiger partial charge in [-0.3, -0.25) is 0 Å². The molecule has 0 unspecified atom stereocenters. The Kier molecular flexibility index (Phi) is 4.00. The molecule has 0 aliphatic rings. The Morgan fingerprint density at radius 1 is 1.33 bits per heavy atom. The smallest absolute Gasteiger partial charge is 0.124 e. The normalized spacial score (nSPS) is 10.1. The van der Waals surface area contributed by atoms with Gasteiger partial charge in [0.05, 0.1) is 22.0 Å². The zero-order chi connectivity index (χ0) is 13.1.